The molecule has 0 saturated carbocycles. The first-order valence-electron chi connectivity index (χ1n) is 7.60. The zero-order chi connectivity index (χ0) is 17.3. The average Bonchev–Trinajstić information content (AvgIpc) is 2.88. The van der Waals surface area contributed by atoms with Gasteiger partial charge in [0.05, 0.1) is 22.0 Å². The molecule has 1 amide bonds. The van der Waals surface area contributed by atoms with Gasteiger partial charge in [0.15, 0.2) is 5.17 Å². The molecule has 1 saturated heterocycles. The summed E-state index contributed by atoms with van der Waals surface area (Å²) in [5, 5.41) is 11.4. The number of amides is 1. The van der Waals surface area contributed by atoms with Gasteiger partial charge in [0.2, 0.25) is 0 Å². The van der Waals surface area contributed by atoms with Crippen molar-refractivity contribution in [3.05, 3.63) is 44.8 Å². The predicted octanol–water partition coefficient (Wildman–Crippen LogP) is 2.67. The summed E-state index contributed by atoms with van der Waals surface area (Å²) in [6.45, 7) is 5.40. The van der Waals surface area contributed by atoms with E-state index >= 15 is 0 Å². The van der Waals surface area contributed by atoms with Gasteiger partial charge in [-0.1, -0.05) is 0 Å². The van der Waals surface area contributed by atoms with Gasteiger partial charge in [-0.2, -0.15) is 4.99 Å². The number of rotatable bonds is 2. The second-order valence-corrected chi connectivity index (χ2v) is 6.83. The van der Waals surface area contributed by atoms with Crippen LogP contribution in [0, 0.1) is 10.1 Å². The Balaban J connectivity index is 1.73. The molecule has 2 unspecified atom stereocenters. The average molecular weight is 347 g/mol. The molecular formula is C16H17N3O4S. The van der Waals surface area contributed by atoms with Crippen molar-refractivity contribution in [1.82, 2.24) is 4.90 Å². The second kappa shape index (κ2) is 6.74. The third-order valence-electron chi connectivity index (χ3n) is 3.70. The van der Waals surface area contributed by atoms with Crippen molar-refractivity contribution in [1.29, 1.82) is 0 Å². The van der Waals surface area contributed by atoms with Crippen molar-refractivity contribution in [2.45, 2.75) is 26.1 Å². The number of hydrogen-bond acceptors (Lipinski definition) is 6. The third-order valence-corrected chi connectivity index (χ3v) is 4.75. The van der Waals surface area contributed by atoms with E-state index in [-0.39, 0.29) is 23.8 Å². The van der Waals surface area contributed by atoms with Gasteiger partial charge in [0.1, 0.15) is 0 Å². The lowest BCUT2D eigenvalue weighted by Crippen LogP contribution is -2.47. The lowest BCUT2D eigenvalue weighted by molar-refractivity contribution is -0.384. The number of non-ortho nitro benzene ring substituents is 1. The predicted molar refractivity (Wildman–Crippen MR) is 92.7 cm³/mol. The van der Waals surface area contributed by atoms with Crippen LogP contribution in [0.1, 0.15) is 19.4 Å². The highest BCUT2D eigenvalue weighted by Gasteiger charge is 2.30. The normalized spacial score (nSPS) is 25.9. The molecule has 0 aromatic heterocycles. The smallest absolute Gasteiger partial charge is 0.286 e. The molecule has 1 aromatic rings. The van der Waals surface area contributed by atoms with E-state index in [2.05, 4.69) is 9.89 Å². The largest absolute Gasteiger partial charge is 0.372 e. The summed E-state index contributed by atoms with van der Waals surface area (Å²) in [6, 6.07) is 6.08. The number of amidine groups is 1. The molecule has 2 aliphatic heterocycles. The number of nitro benzene ring substituents is 1. The van der Waals surface area contributed by atoms with E-state index in [0.717, 1.165) is 5.56 Å². The minimum atomic E-state index is -0.450. The summed E-state index contributed by atoms with van der Waals surface area (Å²) in [5.41, 5.74) is 0.757. The first kappa shape index (κ1) is 16.7. The summed E-state index contributed by atoms with van der Waals surface area (Å²) in [6.07, 6.45) is 1.89. The topological polar surface area (TPSA) is 85.0 Å². The Kier molecular flexibility index (Phi) is 4.68. The van der Waals surface area contributed by atoms with Crippen molar-refractivity contribution < 1.29 is 14.5 Å². The number of benzene rings is 1. The minimum Gasteiger partial charge on any atom is -0.372 e. The summed E-state index contributed by atoms with van der Waals surface area (Å²) in [4.78, 5) is 29.1. The number of nitro groups is 1. The SMILES string of the molecule is CC1CN(C2=NC(=O)/C(=C/c3ccc([N+](=O)[O-])cc3)S2)CC(C)O1. The monoisotopic (exact) mass is 347 g/mol. The zero-order valence-corrected chi connectivity index (χ0v) is 14.2. The van der Waals surface area contributed by atoms with Crippen molar-refractivity contribution in [3.63, 3.8) is 0 Å². The van der Waals surface area contributed by atoms with Gasteiger partial charge >= 0.3 is 0 Å². The number of ether oxygens (including phenoxy) is 1. The Hall–Kier alpha value is -2.19. The quantitative estimate of drug-likeness (QED) is 0.464. The number of morpholine rings is 1. The number of carbonyl (C=O) groups is 1. The molecule has 2 heterocycles. The van der Waals surface area contributed by atoms with E-state index in [0.29, 0.717) is 23.2 Å². The maximum atomic E-state index is 12.1. The number of hydrogen-bond donors (Lipinski definition) is 0. The summed E-state index contributed by atoms with van der Waals surface area (Å²) >= 11 is 1.33. The molecule has 0 radical (unpaired) electrons. The fourth-order valence-electron chi connectivity index (χ4n) is 2.71. The van der Waals surface area contributed by atoms with Gasteiger partial charge in [-0.15, -0.1) is 0 Å². The Bertz CT molecular complexity index is 719. The summed E-state index contributed by atoms with van der Waals surface area (Å²) in [7, 11) is 0. The Labute approximate surface area is 143 Å². The van der Waals surface area contributed by atoms with E-state index in [1.165, 1.54) is 23.9 Å². The van der Waals surface area contributed by atoms with E-state index in [4.69, 9.17) is 4.74 Å². The fraction of sp³-hybridized carbons (Fsp3) is 0.375. The molecule has 126 valence electrons. The third kappa shape index (κ3) is 3.65. The van der Waals surface area contributed by atoms with Gasteiger partial charge in [-0.3, -0.25) is 14.9 Å². The van der Waals surface area contributed by atoms with Gasteiger partial charge in [-0.25, -0.2) is 0 Å². The van der Waals surface area contributed by atoms with Crippen LogP contribution < -0.4 is 0 Å². The first-order chi connectivity index (χ1) is 11.4. The number of thioether (sulfide) groups is 1. The molecule has 0 spiro atoms. The maximum absolute atomic E-state index is 12.1. The minimum absolute atomic E-state index is 0.0239. The van der Waals surface area contributed by atoms with E-state index < -0.39 is 4.92 Å². The molecule has 24 heavy (non-hydrogen) atoms. The van der Waals surface area contributed by atoms with E-state index in [1.807, 2.05) is 13.8 Å². The van der Waals surface area contributed by atoms with Crippen LogP contribution in [-0.2, 0) is 9.53 Å². The van der Waals surface area contributed by atoms with Crippen LogP contribution in [0.25, 0.3) is 6.08 Å². The highest BCUT2D eigenvalue weighted by atomic mass is 32.2. The first-order valence-corrected chi connectivity index (χ1v) is 8.41. The van der Waals surface area contributed by atoms with Gasteiger partial charge in [0.25, 0.3) is 11.6 Å². The molecule has 0 N–H and O–H groups in total. The van der Waals surface area contributed by atoms with Gasteiger partial charge < -0.3 is 9.64 Å². The Morgan fingerprint density at radius 1 is 1.29 bits per heavy atom. The van der Waals surface area contributed by atoms with E-state index in [9.17, 15) is 14.9 Å². The number of aliphatic imine (C=N–C) groups is 1. The lowest BCUT2D eigenvalue weighted by atomic mass is 10.2. The molecule has 0 bridgehead atoms. The fourth-order valence-corrected chi connectivity index (χ4v) is 3.64. The summed E-state index contributed by atoms with van der Waals surface area (Å²) < 4.78 is 5.70. The molecule has 1 aromatic carbocycles. The van der Waals surface area contributed by atoms with Crippen LogP contribution in [0.3, 0.4) is 0 Å². The Morgan fingerprint density at radius 2 is 1.92 bits per heavy atom. The molecule has 8 heteroatoms. The van der Waals surface area contributed by atoms with Crippen LogP contribution in [-0.4, -0.2) is 46.2 Å². The highest BCUT2D eigenvalue weighted by molar-refractivity contribution is 8.18. The van der Waals surface area contributed by atoms with Crippen LogP contribution in [0.5, 0.6) is 0 Å². The molecule has 3 rings (SSSR count). The van der Waals surface area contributed by atoms with Gasteiger partial charge in [0, 0.05) is 25.2 Å². The van der Waals surface area contributed by atoms with Crippen LogP contribution in [0.4, 0.5) is 5.69 Å². The Morgan fingerprint density at radius 3 is 2.50 bits per heavy atom. The lowest BCUT2D eigenvalue weighted by Gasteiger charge is -2.35. The van der Waals surface area contributed by atoms with Crippen molar-refractivity contribution >= 4 is 34.6 Å². The van der Waals surface area contributed by atoms with Gasteiger partial charge in [-0.05, 0) is 49.4 Å². The van der Waals surface area contributed by atoms with Crippen molar-refractivity contribution in [3.8, 4) is 0 Å². The maximum Gasteiger partial charge on any atom is 0.286 e. The van der Waals surface area contributed by atoms with Crippen LogP contribution in [0.15, 0.2) is 34.2 Å². The molecular weight excluding hydrogens is 330 g/mol. The molecule has 2 atom stereocenters. The van der Waals surface area contributed by atoms with Crippen molar-refractivity contribution in [2.75, 3.05) is 13.1 Å². The standard InChI is InChI=1S/C16H17N3O4S/c1-10-8-18(9-11(2)23-10)16-17-15(20)14(24-16)7-12-3-5-13(6-4-12)19(21)22/h3-7,10-11H,8-9H2,1-2H3/b14-7-. The van der Waals surface area contributed by atoms with Crippen LogP contribution in [0.2, 0.25) is 0 Å². The zero-order valence-electron chi connectivity index (χ0n) is 13.3. The van der Waals surface area contributed by atoms with E-state index in [1.54, 1.807) is 18.2 Å². The second-order valence-electron chi connectivity index (χ2n) is 5.82. The number of nitrogens with zero attached hydrogens (tertiary/aromatic N) is 3. The molecule has 2 aliphatic rings. The number of carbonyl (C=O) groups excluding carboxylic acids is 1. The highest BCUT2D eigenvalue weighted by Crippen LogP contribution is 2.31. The summed E-state index contributed by atoms with van der Waals surface area (Å²) in [5.74, 6) is -0.278. The molecule has 7 nitrogen and oxygen atoms in total. The molecule has 0 aliphatic carbocycles. The van der Waals surface area contributed by atoms with Crippen molar-refractivity contribution in [2.24, 2.45) is 4.99 Å². The molecule has 1 fully saturated rings. The van der Waals surface area contributed by atoms with Crippen LogP contribution >= 0.6 is 11.8 Å².